The molecule has 110 valence electrons. The van der Waals surface area contributed by atoms with E-state index in [4.69, 9.17) is 4.74 Å². The molecule has 1 amide bonds. The number of thiazole rings is 1. The number of aromatic nitrogens is 1. The monoisotopic (exact) mass is 303 g/mol. The van der Waals surface area contributed by atoms with Gasteiger partial charge in [-0.25, -0.2) is 4.98 Å². The maximum atomic E-state index is 12.7. The minimum Gasteiger partial charge on any atom is -0.379 e. The molecule has 1 unspecified atom stereocenters. The van der Waals surface area contributed by atoms with Gasteiger partial charge in [0.05, 0.1) is 13.2 Å². The Bertz CT molecular complexity index is 568. The van der Waals surface area contributed by atoms with Crippen LogP contribution in [-0.2, 0) is 9.53 Å². The number of amides is 1. The van der Waals surface area contributed by atoms with Gasteiger partial charge in [-0.2, -0.15) is 0 Å². The van der Waals surface area contributed by atoms with Crippen molar-refractivity contribution in [3.63, 3.8) is 0 Å². The summed E-state index contributed by atoms with van der Waals surface area (Å²) in [5.41, 5.74) is 0.994. The molecule has 21 heavy (non-hydrogen) atoms. The molecule has 1 atom stereocenters. The number of nitrogens with one attached hydrogen (secondary N) is 1. The molecule has 1 N–H and O–H groups in total. The Kier molecular flexibility index (Phi) is 4.59. The Morgan fingerprint density at radius 1 is 1.29 bits per heavy atom. The molecule has 3 rings (SSSR count). The van der Waals surface area contributed by atoms with Crippen molar-refractivity contribution < 1.29 is 9.53 Å². The van der Waals surface area contributed by atoms with E-state index in [2.05, 4.69) is 15.2 Å². The fourth-order valence-corrected chi connectivity index (χ4v) is 2.99. The maximum Gasteiger partial charge on any atom is 0.248 e. The Morgan fingerprint density at radius 2 is 2.05 bits per heavy atom. The first kappa shape index (κ1) is 14.2. The van der Waals surface area contributed by atoms with Crippen molar-refractivity contribution in [2.45, 2.75) is 6.04 Å². The molecule has 2 aromatic rings. The third kappa shape index (κ3) is 3.47. The van der Waals surface area contributed by atoms with Crippen LogP contribution in [0.1, 0.15) is 11.6 Å². The van der Waals surface area contributed by atoms with Crippen molar-refractivity contribution in [2.24, 2.45) is 0 Å². The fourth-order valence-electron chi connectivity index (χ4n) is 2.46. The Hall–Kier alpha value is -1.76. The standard InChI is InChI=1S/C15H17N3O2S/c19-14(17-15-16-6-11-21-15)13(12-4-2-1-3-5-12)18-7-9-20-10-8-18/h1-6,11,13H,7-10H2,(H,16,17,19). The fraction of sp³-hybridized carbons (Fsp3) is 0.333. The van der Waals surface area contributed by atoms with Crippen LogP contribution in [0.25, 0.3) is 0 Å². The number of ether oxygens (including phenoxy) is 1. The number of nitrogens with zero attached hydrogens (tertiary/aromatic N) is 2. The van der Waals surface area contributed by atoms with Crippen LogP contribution in [0.5, 0.6) is 0 Å². The average Bonchev–Trinajstić information content (AvgIpc) is 3.02. The van der Waals surface area contributed by atoms with Gasteiger partial charge in [-0.15, -0.1) is 11.3 Å². The first-order valence-corrected chi connectivity index (χ1v) is 7.79. The summed E-state index contributed by atoms with van der Waals surface area (Å²) in [5, 5.41) is 5.39. The molecule has 1 aromatic carbocycles. The van der Waals surface area contributed by atoms with Crippen LogP contribution in [0.2, 0.25) is 0 Å². The van der Waals surface area contributed by atoms with E-state index in [1.54, 1.807) is 6.20 Å². The van der Waals surface area contributed by atoms with Crippen molar-refractivity contribution in [3.05, 3.63) is 47.5 Å². The van der Waals surface area contributed by atoms with E-state index in [0.29, 0.717) is 18.3 Å². The topological polar surface area (TPSA) is 54.5 Å². The molecule has 0 bridgehead atoms. The third-order valence-electron chi connectivity index (χ3n) is 3.44. The largest absolute Gasteiger partial charge is 0.379 e. The number of carbonyl (C=O) groups is 1. The van der Waals surface area contributed by atoms with Crippen LogP contribution < -0.4 is 5.32 Å². The SMILES string of the molecule is O=C(Nc1nccs1)C(c1ccccc1)N1CCOCC1. The van der Waals surface area contributed by atoms with Crippen molar-refractivity contribution in [3.8, 4) is 0 Å². The van der Waals surface area contributed by atoms with Crippen LogP contribution in [0.3, 0.4) is 0 Å². The van der Waals surface area contributed by atoms with Crippen molar-refractivity contribution >= 4 is 22.4 Å². The van der Waals surface area contributed by atoms with E-state index in [0.717, 1.165) is 18.7 Å². The van der Waals surface area contributed by atoms with Crippen LogP contribution in [0, 0.1) is 0 Å². The second-order valence-corrected chi connectivity index (χ2v) is 5.68. The molecule has 2 heterocycles. The maximum absolute atomic E-state index is 12.7. The molecule has 0 saturated carbocycles. The van der Waals surface area contributed by atoms with Crippen molar-refractivity contribution in [2.75, 3.05) is 31.6 Å². The van der Waals surface area contributed by atoms with Crippen LogP contribution in [0.4, 0.5) is 5.13 Å². The van der Waals surface area contributed by atoms with Crippen molar-refractivity contribution in [1.29, 1.82) is 0 Å². The molecule has 0 radical (unpaired) electrons. The van der Waals surface area contributed by atoms with E-state index >= 15 is 0 Å². The van der Waals surface area contributed by atoms with Gasteiger partial charge in [0.1, 0.15) is 6.04 Å². The predicted molar refractivity (Wildman–Crippen MR) is 82.3 cm³/mol. The summed E-state index contributed by atoms with van der Waals surface area (Å²) in [6.07, 6.45) is 1.69. The van der Waals surface area contributed by atoms with Crippen LogP contribution in [-0.4, -0.2) is 42.1 Å². The van der Waals surface area contributed by atoms with E-state index in [1.807, 2.05) is 35.7 Å². The highest BCUT2D eigenvalue weighted by atomic mass is 32.1. The highest BCUT2D eigenvalue weighted by Crippen LogP contribution is 2.24. The van der Waals surface area contributed by atoms with Crippen LogP contribution in [0.15, 0.2) is 41.9 Å². The van der Waals surface area contributed by atoms with Gasteiger partial charge in [-0.3, -0.25) is 9.69 Å². The van der Waals surface area contributed by atoms with Gasteiger partial charge >= 0.3 is 0 Å². The quantitative estimate of drug-likeness (QED) is 0.940. The van der Waals surface area contributed by atoms with Gasteiger partial charge in [0.15, 0.2) is 5.13 Å². The summed E-state index contributed by atoms with van der Waals surface area (Å²) in [5.74, 6) is -0.0435. The highest BCUT2D eigenvalue weighted by molar-refractivity contribution is 7.13. The van der Waals surface area contributed by atoms with E-state index in [-0.39, 0.29) is 11.9 Å². The molecule has 1 fully saturated rings. The smallest absolute Gasteiger partial charge is 0.248 e. The molecular weight excluding hydrogens is 286 g/mol. The zero-order chi connectivity index (χ0) is 14.5. The van der Waals surface area contributed by atoms with Crippen LogP contribution >= 0.6 is 11.3 Å². The minimum absolute atomic E-state index is 0.0435. The van der Waals surface area contributed by atoms with Gasteiger partial charge in [0, 0.05) is 24.7 Å². The molecule has 5 nitrogen and oxygen atoms in total. The third-order valence-corrected chi connectivity index (χ3v) is 4.13. The summed E-state index contributed by atoms with van der Waals surface area (Å²) in [6, 6.07) is 9.54. The van der Waals surface area contributed by atoms with E-state index < -0.39 is 0 Å². The molecule has 1 aromatic heterocycles. The second-order valence-electron chi connectivity index (χ2n) is 4.79. The summed E-state index contributed by atoms with van der Waals surface area (Å²) < 4.78 is 5.39. The molecular formula is C15H17N3O2S. The average molecular weight is 303 g/mol. The summed E-state index contributed by atoms with van der Waals surface area (Å²) in [4.78, 5) is 19.0. The normalized spacial score (nSPS) is 17.3. The number of anilines is 1. The lowest BCUT2D eigenvalue weighted by Crippen LogP contribution is -2.43. The first-order valence-electron chi connectivity index (χ1n) is 6.92. The molecule has 0 aliphatic carbocycles. The first-order chi connectivity index (χ1) is 10.3. The molecule has 0 spiro atoms. The number of benzene rings is 1. The number of carbonyl (C=O) groups excluding carboxylic acids is 1. The molecule has 1 aliphatic rings. The number of hydrogen-bond acceptors (Lipinski definition) is 5. The lowest BCUT2D eigenvalue weighted by molar-refractivity contribution is -0.123. The number of rotatable bonds is 4. The van der Waals surface area contributed by atoms with Gasteiger partial charge < -0.3 is 10.1 Å². The van der Waals surface area contributed by atoms with Gasteiger partial charge in [0.2, 0.25) is 5.91 Å². The van der Waals surface area contributed by atoms with E-state index in [1.165, 1.54) is 11.3 Å². The zero-order valence-electron chi connectivity index (χ0n) is 11.6. The zero-order valence-corrected chi connectivity index (χ0v) is 12.4. The molecule has 6 heteroatoms. The predicted octanol–water partition coefficient (Wildman–Crippen LogP) is 2.16. The van der Waals surface area contributed by atoms with E-state index in [9.17, 15) is 4.79 Å². The highest BCUT2D eigenvalue weighted by Gasteiger charge is 2.29. The Balaban J connectivity index is 1.82. The number of hydrogen-bond donors (Lipinski definition) is 1. The summed E-state index contributed by atoms with van der Waals surface area (Å²) in [7, 11) is 0. The molecule has 1 aliphatic heterocycles. The van der Waals surface area contributed by atoms with Gasteiger partial charge in [-0.1, -0.05) is 30.3 Å². The molecule has 1 saturated heterocycles. The Morgan fingerprint density at radius 3 is 2.71 bits per heavy atom. The second kappa shape index (κ2) is 6.80. The number of morpholine rings is 1. The minimum atomic E-state index is -0.306. The lowest BCUT2D eigenvalue weighted by atomic mass is 10.0. The van der Waals surface area contributed by atoms with Gasteiger partial charge in [-0.05, 0) is 5.56 Å². The Labute approximate surface area is 127 Å². The lowest BCUT2D eigenvalue weighted by Gasteiger charge is -2.33. The summed E-state index contributed by atoms with van der Waals surface area (Å²) in [6.45, 7) is 2.83. The summed E-state index contributed by atoms with van der Waals surface area (Å²) >= 11 is 1.42. The van der Waals surface area contributed by atoms with Crippen molar-refractivity contribution in [1.82, 2.24) is 9.88 Å². The van der Waals surface area contributed by atoms with Gasteiger partial charge in [0.25, 0.3) is 0 Å².